The highest BCUT2D eigenvalue weighted by atomic mass is 16.2. The number of carbonyl (C=O) groups excluding carboxylic acids is 1. The summed E-state index contributed by atoms with van der Waals surface area (Å²) >= 11 is 0. The first-order valence-corrected chi connectivity index (χ1v) is 7.20. The maximum Gasteiger partial charge on any atom is 0.230 e. The lowest BCUT2D eigenvalue weighted by molar-refractivity contribution is -0.143. The molecule has 1 aliphatic heterocycles. The Balaban J connectivity index is 2.74. The van der Waals surface area contributed by atoms with Crippen LogP contribution in [0.1, 0.15) is 52.9 Å². The van der Waals surface area contributed by atoms with Crippen LogP contribution in [0.4, 0.5) is 0 Å². The number of piperidine rings is 1. The second-order valence-electron chi connectivity index (χ2n) is 5.21. The highest BCUT2D eigenvalue weighted by Gasteiger charge is 2.40. The van der Waals surface area contributed by atoms with Gasteiger partial charge in [0.25, 0.3) is 0 Å². The van der Waals surface area contributed by atoms with Gasteiger partial charge >= 0.3 is 0 Å². The molecule has 0 saturated carbocycles. The molecule has 0 radical (unpaired) electrons. The number of rotatable bonds is 6. The Kier molecular flexibility index (Phi) is 5.96. The van der Waals surface area contributed by atoms with Crippen molar-refractivity contribution in [2.24, 2.45) is 5.41 Å². The third-order valence-electron chi connectivity index (χ3n) is 3.88. The third-order valence-corrected chi connectivity index (χ3v) is 3.88. The van der Waals surface area contributed by atoms with Crippen LogP contribution in [-0.2, 0) is 4.79 Å². The van der Waals surface area contributed by atoms with E-state index in [4.69, 9.17) is 0 Å². The zero-order chi connectivity index (χ0) is 12.7. The van der Waals surface area contributed by atoms with Crippen LogP contribution in [0.5, 0.6) is 0 Å². The highest BCUT2D eigenvalue weighted by Crippen LogP contribution is 2.32. The zero-order valence-corrected chi connectivity index (χ0v) is 11.7. The van der Waals surface area contributed by atoms with Crippen LogP contribution < -0.4 is 5.32 Å². The summed E-state index contributed by atoms with van der Waals surface area (Å²) in [5, 5.41) is 3.40. The number of hydrogen-bond donors (Lipinski definition) is 1. The van der Waals surface area contributed by atoms with E-state index < -0.39 is 0 Å². The molecular formula is C14H28N2O. The molecule has 1 rings (SSSR count). The van der Waals surface area contributed by atoms with Gasteiger partial charge in [0.1, 0.15) is 0 Å². The summed E-state index contributed by atoms with van der Waals surface area (Å²) in [7, 11) is 0. The van der Waals surface area contributed by atoms with Crippen LogP contribution in [0.3, 0.4) is 0 Å². The minimum atomic E-state index is -0.122. The fourth-order valence-electron chi connectivity index (χ4n) is 2.79. The monoisotopic (exact) mass is 240 g/mol. The summed E-state index contributed by atoms with van der Waals surface area (Å²) in [4.78, 5) is 14.8. The molecule has 1 fully saturated rings. The quantitative estimate of drug-likeness (QED) is 0.773. The first-order valence-electron chi connectivity index (χ1n) is 7.20. The molecule has 3 heteroatoms. The molecule has 3 nitrogen and oxygen atoms in total. The maximum atomic E-state index is 12.7. The van der Waals surface area contributed by atoms with Gasteiger partial charge in [-0.1, -0.05) is 20.8 Å². The fourth-order valence-corrected chi connectivity index (χ4v) is 2.79. The van der Waals surface area contributed by atoms with Gasteiger partial charge in [0, 0.05) is 19.6 Å². The first kappa shape index (κ1) is 14.5. The zero-order valence-electron chi connectivity index (χ0n) is 11.7. The van der Waals surface area contributed by atoms with E-state index in [0.717, 1.165) is 58.3 Å². The molecule has 17 heavy (non-hydrogen) atoms. The summed E-state index contributed by atoms with van der Waals surface area (Å²) in [5.74, 6) is 0.385. The van der Waals surface area contributed by atoms with Crippen LogP contribution in [-0.4, -0.2) is 37.0 Å². The predicted molar refractivity (Wildman–Crippen MR) is 72.0 cm³/mol. The average Bonchev–Trinajstić information content (AvgIpc) is 2.38. The van der Waals surface area contributed by atoms with E-state index in [-0.39, 0.29) is 5.41 Å². The first-order chi connectivity index (χ1) is 8.20. The van der Waals surface area contributed by atoms with E-state index in [1.807, 2.05) is 0 Å². The molecule has 1 saturated heterocycles. The average molecular weight is 240 g/mol. The molecule has 100 valence electrons. The molecule has 1 unspecified atom stereocenters. The summed E-state index contributed by atoms with van der Waals surface area (Å²) in [6.07, 6.45) is 5.26. The second-order valence-corrected chi connectivity index (χ2v) is 5.21. The lowest BCUT2D eigenvalue weighted by Gasteiger charge is -2.39. The summed E-state index contributed by atoms with van der Waals surface area (Å²) in [6, 6.07) is 0. The van der Waals surface area contributed by atoms with Crippen molar-refractivity contribution >= 4 is 5.91 Å². The Bertz CT molecular complexity index is 228. The Morgan fingerprint density at radius 2 is 1.88 bits per heavy atom. The van der Waals surface area contributed by atoms with E-state index in [9.17, 15) is 4.79 Å². The summed E-state index contributed by atoms with van der Waals surface area (Å²) in [6.45, 7) is 10.2. The minimum absolute atomic E-state index is 0.122. The molecule has 0 aromatic carbocycles. The van der Waals surface area contributed by atoms with Crippen molar-refractivity contribution in [2.45, 2.75) is 52.9 Å². The largest absolute Gasteiger partial charge is 0.342 e. The topological polar surface area (TPSA) is 32.3 Å². The van der Waals surface area contributed by atoms with Crippen molar-refractivity contribution in [3.8, 4) is 0 Å². The van der Waals surface area contributed by atoms with Gasteiger partial charge in [0.15, 0.2) is 0 Å². The fraction of sp³-hybridized carbons (Fsp3) is 0.929. The van der Waals surface area contributed by atoms with Gasteiger partial charge in [-0.3, -0.25) is 4.79 Å². The smallest absolute Gasteiger partial charge is 0.230 e. The van der Waals surface area contributed by atoms with Gasteiger partial charge in [-0.05, 0) is 38.6 Å². The van der Waals surface area contributed by atoms with Crippen LogP contribution in [0.15, 0.2) is 0 Å². The van der Waals surface area contributed by atoms with E-state index in [2.05, 4.69) is 31.0 Å². The second kappa shape index (κ2) is 7.00. The molecule has 1 aliphatic rings. The molecule has 1 N–H and O–H groups in total. The van der Waals surface area contributed by atoms with Crippen LogP contribution >= 0.6 is 0 Å². The lowest BCUT2D eigenvalue weighted by atomic mass is 9.77. The molecule has 1 atom stereocenters. The van der Waals surface area contributed by atoms with Crippen molar-refractivity contribution in [2.75, 3.05) is 26.2 Å². The number of nitrogens with one attached hydrogen (secondary N) is 1. The number of nitrogens with zero attached hydrogens (tertiary/aromatic N) is 1. The third kappa shape index (κ3) is 3.44. The van der Waals surface area contributed by atoms with E-state index in [1.54, 1.807) is 0 Å². The van der Waals surface area contributed by atoms with Gasteiger partial charge < -0.3 is 10.2 Å². The van der Waals surface area contributed by atoms with Crippen LogP contribution in [0.2, 0.25) is 0 Å². The number of carbonyl (C=O) groups is 1. The van der Waals surface area contributed by atoms with Crippen molar-refractivity contribution in [1.82, 2.24) is 10.2 Å². The molecular weight excluding hydrogens is 212 g/mol. The Hall–Kier alpha value is -0.570. The van der Waals surface area contributed by atoms with Crippen molar-refractivity contribution in [3.63, 3.8) is 0 Å². The number of amides is 1. The summed E-state index contributed by atoms with van der Waals surface area (Å²) < 4.78 is 0. The van der Waals surface area contributed by atoms with Crippen molar-refractivity contribution in [1.29, 1.82) is 0 Å². The van der Waals surface area contributed by atoms with Crippen molar-refractivity contribution in [3.05, 3.63) is 0 Å². The number of hydrogen-bond acceptors (Lipinski definition) is 2. The summed E-state index contributed by atoms with van der Waals surface area (Å²) in [5.41, 5.74) is -0.122. The van der Waals surface area contributed by atoms with Gasteiger partial charge in [-0.15, -0.1) is 0 Å². The Labute approximate surface area is 106 Å². The van der Waals surface area contributed by atoms with E-state index in [1.165, 1.54) is 0 Å². The molecule has 1 amide bonds. The highest BCUT2D eigenvalue weighted by molar-refractivity contribution is 5.83. The van der Waals surface area contributed by atoms with Gasteiger partial charge in [-0.2, -0.15) is 0 Å². The predicted octanol–water partition coefficient (Wildman–Crippen LogP) is 2.41. The SMILES string of the molecule is CCCN(CCC)C(=O)C1(CC)CCCNC1. The molecule has 0 aliphatic carbocycles. The van der Waals surface area contributed by atoms with Gasteiger partial charge in [0.2, 0.25) is 5.91 Å². The lowest BCUT2D eigenvalue weighted by Crippen LogP contribution is -2.52. The van der Waals surface area contributed by atoms with E-state index in [0.29, 0.717) is 5.91 Å². The van der Waals surface area contributed by atoms with E-state index >= 15 is 0 Å². The van der Waals surface area contributed by atoms with Gasteiger partial charge in [-0.25, -0.2) is 0 Å². The maximum absolute atomic E-state index is 12.7. The van der Waals surface area contributed by atoms with Crippen LogP contribution in [0.25, 0.3) is 0 Å². The van der Waals surface area contributed by atoms with Crippen molar-refractivity contribution < 1.29 is 4.79 Å². The molecule has 0 aromatic heterocycles. The standard InChI is InChI=1S/C14H28N2O/c1-4-10-16(11-5-2)13(17)14(6-3)8-7-9-15-12-14/h15H,4-12H2,1-3H3. The molecule has 1 heterocycles. The van der Waals surface area contributed by atoms with Crippen LogP contribution in [0, 0.1) is 5.41 Å². The molecule has 0 bridgehead atoms. The normalized spacial score (nSPS) is 24.6. The molecule has 0 aromatic rings. The Morgan fingerprint density at radius 1 is 1.24 bits per heavy atom. The minimum Gasteiger partial charge on any atom is -0.342 e. The molecule has 0 spiro atoms. The Morgan fingerprint density at radius 3 is 2.29 bits per heavy atom. The van der Waals surface area contributed by atoms with Gasteiger partial charge in [0.05, 0.1) is 5.41 Å².